The van der Waals surface area contributed by atoms with E-state index in [9.17, 15) is 4.79 Å². The van der Waals surface area contributed by atoms with Crippen molar-refractivity contribution in [2.75, 3.05) is 20.6 Å². The van der Waals surface area contributed by atoms with Crippen molar-refractivity contribution >= 4 is 5.91 Å². The van der Waals surface area contributed by atoms with E-state index in [0.717, 1.165) is 12.0 Å². The first-order valence-electron chi connectivity index (χ1n) is 8.83. The van der Waals surface area contributed by atoms with E-state index < -0.39 is 6.04 Å². The van der Waals surface area contributed by atoms with Crippen molar-refractivity contribution in [2.45, 2.75) is 31.8 Å². The highest BCUT2D eigenvalue weighted by atomic mass is 16.2. The highest BCUT2D eigenvalue weighted by molar-refractivity contribution is 5.81. The molecule has 2 unspecified atom stereocenters. The van der Waals surface area contributed by atoms with Crippen LogP contribution < -0.4 is 11.1 Å². The summed E-state index contributed by atoms with van der Waals surface area (Å²) in [5, 5.41) is 3.01. The minimum Gasteiger partial charge on any atom is -0.353 e. The Morgan fingerprint density at radius 2 is 1.68 bits per heavy atom. The van der Waals surface area contributed by atoms with Crippen molar-refractivity contribution in [3.8, 4) is 0 Å². The molecule has 0 aliphatic heterocycles. The zero-order valence-corrected chi connectivity index (χ0v) is 15.4. The van der Waals surface area contributed by atoms with Gasteiger partial charge < -0.3 is 16.0 Å². The molecule has 0 saturated heterocycles. The van der Waals surface area contributed by atoms with Crippen LogP contribution in [0.2, 0.25) is 0 Å². The maximum atomic E-state index is 12.4. The van der Waals surface area contributed by atoms with Gasteiger partial charge in [-0.3, -0.25) is 4.79 Å². The lowest BCUT2D eigenvalue weighted by molar-refractivity contribution is -0.122. The molecule has 4 heteroatoms. The summed E-state index contributed by atoms with van der Waals surface area (Å²) >= 11 is 0. The Morgan fingerprint density at radius 1 is 1.04 bits per heavy atom. The predicted octanol–water partition coefficient (Wildman–Crippen LogP) is 2.54. The Hall–Kier alpha value is -2.17. The lowest BCUT2D eigenvalue weighted by atomic mass is 10.0. The molecule has 0 spiro atoms. The number of carbonyl (C=O) groups is 1. The molecule has 0 bridgehead atoms. The number of rotatable bonds is 8. The molecule has 0 fully saturated rings. The zero-order valence-electron chi connectivity index (χ0n) is 15.4. The molecule has 0 radical (unpaired) electrons. The number of amides is 1. The molecule has 0 heterocycles. The van der Waals surface area contributed by atoms with Crippen molar-refractivity contribution in [1.82, 2.24) is 10.2 Å². The first-order valence-corrected chi connectivity index (χ1v) is 8.83. The second kappa shape index (κ2) is 9.35. The average Bonchev–Trinajstić information content (AvgIpc) is 2.62. The molecule has 4 nitrogen and oxygen atoms in total. The maximum Gasteiger partial charge on any atom is 0.237 e. The van der Waals surface area contributed by atoms with Crippen molar-refractivity contribution in [3.05, 3.63) is 71.3 Å². The van der Waals surface area contributed by atoms with Gasteiger partial charge in [-0.25, -0.2) is 0 Å². The van der Waals surface area contributed by atoms with E-state index in [4.69, 9.17) is 5.73 Å². The highest BCUT2D eigenvalue weighted by Crippen LogP contribution is 2.18. The smallest absolute Gasteiger partial charge is 0.237 e. The second-order valence-electron chi connectivity index (χ2n) is 6.62. The molecule has 0 saturated carbocycles. The Bertz CT molecular complexity index is 653. The summed E-state index contributed by atoms with van der Waals surface area (Å²) in [6.07, 6.45) is 1.57. The largest absolute Gasteiger partial charge is 0.353 e. The molecule has 1 amide bonds. The molecule has 2 rings (SSSR count). The zero-order chi connectivity index (χ0) is 18.2. The van der Waals surface area contributed by atoms with Crippen molar-refractivity contribution in [2.24, 2.45) is 5.73 Å². The third-order valence-electron chi connectivity index (χ3n) is 4.50. The fourth-order valence-electron chi connectivity index (χ4n) is 2.86. The summed E-state index contributed by atoms with van der Waals surface area (Å²) in [5.41, 5.74) is 9.64. The normalized spacial score (nSPS) is 13.5. The van der Waals surface area contributed by atoms with Crippen molar-refractivity contribution < 1.29 is 4.79 Å². The van der Waals surface area contributed by atoms with Crippen LogP contribution in [0.25, 0.3) is 0 Å². The summed E-state index contributed by atoms with van der Waals surface area (Å²) < 4.78 is 0. The van der Waals surface area contributed by atoms with Gasteiger partial charge in [-0.15, -0.1) is 0 Å². The van der Waals surface area contributed by atoms with E-state index in [1.54, 1.807) is 0 Å². The van der Waals surface area contributed by atoms with Crippen molar-refractivity contribution in [1.29, 1.82) is 0 Å². The van der Waals surface area contributed by atoms with Crippen LogP contribution >= 0.6 is 0 Å². The molecule has 25 heavy (non-hydrogen) atoms. The van der Waals surface area contributed by atoms with Gasteiger partial charge in [0, 0.05) is 6.54 Å². The van der Waals surface area contributed by atoms with Crippen LogP contribution in [0, 0.1) is 0 Å². The van der Waals surface area contributed by atoms with Gasteiger partial charge in [0.2, 0.25) is 5.91 Å². The van der Waals surface area contributed by atoms with Gasteiger partial charge in [0.1, 0.15) is 0 Å². The van der Waals surface area contributed by atoms with Crippen LogP contribution in [0.4, 0.5) is 0 Å². The first-order chi connectivity index (χ1) is 12.0. The highest BCUT2D eigenvalue weighted by Gasteiger charge is 2.18. The van der Waals surface area contributed by atoms with Crippen LogP contribution in [-0.2, 0) is 17.6 Å². The summed E-state index contributed by atoms with van der Waals surface area (Å²) in [4.78, 5) is 14.5. The number of aryl methyl sites for hydroxylation is 1. The van der Waals surface area contributed by atoms with Gasteiger partial charge in [0.25, 0.3) is 0 Å². The number of nitrogens with zero attached hydrogens (tertiary/aromatic N) is 1. The van der Waals surface area contributed by atoms with E-state index in [0.29, 0.717) is 13.0 Å². The van der Waals surface area contributed by atoms with Gasteiger partial charge in [0.15, 0.2) is 0 Å². The SMILES string of the molecule is CCc1ccc(C(CNC(=O)C(N)Cc2ccccc2)N(C)C)cc1. The third-order valence-corrected chi connectivity index (χ3v) is 4.50. The Balaban J connectivity index is 1.94. The summed E-state index contributed by atoms with van der Waals surface area (Å²) in [6.45, 7) is 2.69. The number of carbonyl (C=O) groups excluding carboxylic acids is 1. The molecule has 3 N–H and O–H groups in total. The first kappa shape index (κ1) is 19.2. The quantitative estimate of drug-likeness (QED) is 0.777. The summed E-state index contributed by atoms with van der Waals surface area (Å²) in [5.74, 6) is -0.110. The Morgan fingerprint density at radius 3 is 2.24 bits per heavy atom. The topological polar surface area (TPSA) is 58.4 Å². The average molecular weight is 339 g/mol. The van der Waals surface area contributed by atoms with E-state index in [1.165, 1.54) is 11.1 Å². The fraction of sp³-hybridized carbons (Fsp3) is 0.381. The molecule has 2 atom stereocenters. The lowest BCUT2D eigenvalue weighted by Crippen LogP contribution is -2.44. The summed E-state index contributed by atoms with van der Waals surface area (Å²) in [7, 11) is 4.04. The number of hydrogen-bond donors (Lipinski definition) is 2. The molecule has 2 aromatic carbocycles. The van der Waals surface area contributed by atoms with Crippen LogP contribution in [0.3, 0.4) is 0 Å². The van der Waals surface area contributed by atoms with E-state index >= 15 is 0 Å². The van der Waals surface area contributed by atoms with E-state index in [1.807, 2.05) is 44.4 Å². The molecule has 0 aliphatic rings. The molecule has 2 aromatic rings. The predicted molar refractivity (Wildman–Crippen MR) is 103 cm³/mol. The van der Waals surface area contributed by atoms with Gasteiger partial charge in [-0.05, 0) is 43.6 Å². The monoisotopic (exact) mass is 339 g/mol. The molecule has 0 aromatic heterocycles. The van der Waals surface area contributed by atoms with Crippen LogP contribution in [0.15, 0.2) is 54.6 Å². The third kappa shape index (κ3) is 5.69. The fourth-order valence-corrected chi connectivity index (χ4v) is 2.86. The van der Waals surface area contributed by atoms with Gasteiger partial charge in [-0.1, -0.05) is 61.5 Å². The Labute approximate surface area is 151 Å². The number of nitrogens with two attached hydrogens (primary N) is 1. The van der Waals surface area contributed by atoms with Gasteiger partial charge in [0.05, 0.1) is 12.1 Å². The molecular weight excluding hydrogens is 310 g/mol. The van der Waals surface area contributed by atoms with E-state index in [-0.39, 0.29) is 11.9 Å². The number of nitrogens with one attached hydrogen (secondary N) is 1. The van der Waals surface area contributed by atoms with Crippen LogP contribution in [0.1, 0.15) is 29.7 Å². The number of hydrogen-bond acceptors (Lipinski definition) is 3. The van der Waals surface area contributed by atoms with E-state index in [2.05, 4.69) is 41.4 Å². The van der Waals surface area contributed by atoms with Crippen LogP contribution in [0.5, 0.6) is 0 Å². The van der Waals surface area contributed by atoms with Crippen LogP contribution in [-0.4, -0.2) is 37.5 Å². The standard InChI is InChI=1S/C21H29N3O/c1-4-16-10-12-18(13-11-16)20(24(2)3)15-23-21(25)19(22)14-17-8-6-5-7-9-17/h5-13,19-20H,4,14-15,22H2,1-3H3,(H,23,25). The maximum absolute atomic E-state index is 12.4. The minimum atomic E-state index is -0.535. The molecule has 134 valence electrons. The number of likely N-dealkylation sites (N-methyl/N-ethyl adjacent to an activating group) is 1. The second-order valence-corrected chi connectivity index (χ2v) is 6.62. The number of benzene rings is 2. The Kier molecular flexibility index (Phi) is 7.16. The minimum absolute atomic E-state index is 0.110. The molecular formula is C21H29N3O. The van der Waals surface area contributed by atoms with Crippen molar-refractivity contribution in [3.63, 3.8) is 0 Å². The van der Waals surface area contributed by atoms with Gasteiger partial charge in [-0.2, -0.15) is 0 Å². The lowest BCUT2D eigenvalue weighted by Gasteiger charge is -2.26. The summed E-state index contributed by atoms with van der Waals surface area (Å²) in [6, 6.07) is 18.0. The molecule has 0 aliphatic carbocycles. The van der Waals surface area contributed by atoms with Gasteiger partial charge >= 0.3 is 0 Å².